The minimum atomic E-state index is -0.0293. The number of likely N-dealkylation sites (N-methyl/N-ethyl adjacent to an activating group) is 1. The van der Waals surface area contributed by atoms with E-state index in [4.69, 9.17) is 16.3 Å². The van der Waals surface area contributed by atoms with E-state index >= 15 is 0 Å². The van der Waals surface area contributed by atoms with Crippen molar-refractivity contribution in [3.05, 3.63) is 34.9 Å². The smallest absolute Gasteiger partial charge is 0.234 e. The summed E-state index contributed by atoms with van der Waals surface area (Å²) < 4.78 is 5.73. The molecule has 1 fully saturated rings. The summed E-state index contributed by atoms with van der Waals surface area (Å²) >= 11 is 5.89. The van der Waals surface area contributed by atoms with E-state index in [1.807, 2.05) is 45.3 Å². The lowest BCUT2D eigenvalue weighted by atomic mass is 10.1. The summed E-state index contributed by atoms with van der Waals surface area (Å²) in [4.78, 5) is 16.5. The van der Waals surface area contributed by atoms with E-state index in [1.54, 1.807) is 0 Å². The molecular formula is C17H26ClN3O2. The minimum absolute atomic E-state index is 0.0293. The Morgan fingerprint density at radius 2 is 2.13 bits per heavy atom. The van der Waals surface area contributed by atoms with E-state index in [1.165, 1.54) is 0 Å². The molecule has 1 heterocycles. The van der Waals surface area contributed by atoms with Crippen LogP contribution in [0.3, 0.4) is 0 Å². The van der Waals surface area contributed by atoms with Crippen molar-refractivity contribution < 1.29 is 9.53 Å². The van der Waals surface area contributed by atoms with Crippen LogP contribution in [0.4, 0.5) is 0 Å². The molecule has 1 amide bonds. The summed E-state index contributed by atoms with van der Waals surface area (Å²) in [6.45, 7) is 5.53. The first-order chi connectivity index (χ1) is 10.9. The predicted octanol–water partition coefficient (Wildman–Crippen LogP) is 1.78. The molecule has 0 saturated carbocycles. The van der Waals surface area contributed by atoms with E-state index < -0.39 is 0 Å². The SMILES string of the molecule is C[C@H](NC(=O)CN1CCO[C@H](CN(C)C)C1)c1ccc(Cl)cc1. The highest BCUT2D eigenvalue weighted by Gasteiger charge is 2.23. The number of nitrogens with zero attached hydrogens (tertiary/aromatic N) is 2. The van der Waals surface area contributed by atoms with E-state index in [9.17, 15) is 4.79 Å². The highest BCUT2D eigenvalue weighted by atomic mass is 35.5. The van der Waals surface area contributed by atoms with Crippen molar-refractivity contribution >= 4 is 17.5 Å². The highest BCUT2D eigenvalue weighted by molar-refractivity contribution is 6.30. The lowest BCUT2D eigenvalue weighted by molar-refractivity contribution is -0.125. The van der Waals surface area contributed by atoms with Gasteiger partial charge in [0.15, 0.2) is 0 Å². The Morgan fingerprint density at radius 3 is 2.78 bits per heavy atom. The van der Waals surface area contributed by atoms with Gasteiger partial charge in [0.1, 0.15) is 0 Å². The van der Waals surface area contributed by atoms with Gasteiger partial charge in [0.25, 0.3) is 0 Å². The number of ether oxygens (including phenoxy) is 1. The molecule has 0 aliphatic carbocycles. The van der Waals surface area contributed by atoms with Crippen molar-refractivity contribution in [3.63, 3.8) is 0 Å². The van der Waals surface area contributed by atoms with Gasteiger partial charge in [-0.2, -0.15) is 0 Å². The number of carbonyl (C=O) groups is 1. The minimum Gasteiger partial charge on any atom is -0.374 e. The van der Waals surface area contributed by atoms with Gasteiger partial charge >= 0.3 is 0 Å². The zero-order valence-electron chi connectivity index (χ0n) is 14.1. The molecule has 0 bridgehead atoms. The van der Waals surface area contributed by atoms with Gasteiger partial charge < -0.3 is 15.0 Å². The summed E-state index contributed by atoms with van der Waals surface area (Å²) in [7, 11) is 4.06. The molecule has 23 heavy (non-hydrogen) atoms. The monoisotopic (exact) mass is 339 g/mol. The van der Waals surface area contributed by atoms with Gasteiger partial charge in [0.05, 0.1) is 25.3 Å². The molecule has 0 spiro atoms. The van der Waals surface area contributed by atoms with Crippen LogP contribution in [0, 0.1) is 0 Å². The van der Waals surface area contributed by atoms with Gasteiger partial charge in [-0.3, -0.25) is 9.69 Å². The van der Waals surface area contributed by atoms with Crippen molar-refractivity contribution in [1.82, 2.24) is 15.1 Å². The molecule has 0 aromatic heterocycles. The average molecular weight is 340 g/mol. The number of morpholine rings is 1. The zero-order valence-corrected chi connectivity index (χ0v) is 14.8. The predicted molar refractivity (Wildman–Crippen MR) is 92.7 cm³/mol. The topological polar surface area (TPSA) is 44.8 Å². The number of nitrogens with one attached hydrogen (secondary N) is 1. The summed E-state index contributed by atoms with van der Waals surface area (Å²) in [5.41, 5.74) is 1.05. The first kappa shape index (κ1) is 18.2. The number of carbonyl (C=O) groups excluding carboxylic acids is 1. The van der Waals surface area contributed by atoms with Crippen molar-refractivity contribution in [2.75, 3.05) is 46.9 Å². The Labute approximate surface area is 143 Å². The normalized spacial score (nSPS) is 20.5. The van der Waals surface area contributed by atoms with Crippen LogP contribution in [0.2, 0.25) is 5.02 Å². The third kappa shape index (κ3) is 6.11. The Bertz CT molecular complexity index is 507. The summed E-state index contributed by atoms with van der Waals surface area (Å²) in [6, 6.07) is 7.53. The fourth-order valence-electron chi connectivity index (χ4n) is 2.77. The van der Waals surface area contributed by atoms with Gasteiger partial charge in [0.2, 0.25) is 5.91 Å². The molecule has 1 saturated heterocycles. The second-order valence-electron chi connectivity index (χ2n) is 6.33. The van der Waals surface area contributed by atoms with Crippen molar-refractivity contribution in [2.24, 2.45) is 0 Å². The summed E-state index contributed by atoms with van der Waals surface area (Å²) in [5, 5.41) is 3.75. The molecule has 128 valence electrons. The van der Waals surface area contributed by atoms with Crippen LogP contribution in [-0.4, -0.2) is 68.7 Å². The maximum atomic E-state index is 12.3. The van der Waals surface area contributed by atoms with Crippen molar-refractivity contribution in [2.45, 2.75) is 19.1 Å². The molecule has 6 heteroatoms. The summed E-state index contributed by atoms with van der Waals surface area (Å²) in [5.74, 6) is 0.0398. The van der Waals surface area contributed by atoms with Crippen LogP contribution >= 0.6 is 11.6 Å². The molecule has 0 unspecified atom stereocenters. The molecule has 1 aliphatic rings. The molecule has 2 atom stereocenters. The molecule has 1 N–H and O–H groups in total. The van der Waals surface area contributed by atoms with Gasteiger partial charge in [-0.15, -0.1) is 0 Å². The van der Waals surface area contributed by atoms with Crippen LogP contribution in [-0.2, 0) is 9.53 Å². The molecule has 1 aromatic carbocycles. The number of amides is 1. The van der Waals surface area contributed by atoms with Crippen LogP contribution in [0.25, 0.3) is 0 Å². The zero-order chi connectivity index (χ0) is 16.8. The maximum absolute atomic E-state index is 12.3. The van der Waals surface area contributed by atoms with Crippen molar-refractivity contribution in [1.29, 1.82) is 0 Å². The first-order valence-corrected chi connectivity index (χ1v) is 8.35. The second kappa shape index (κ2) is 8.64. The molecule has 2 rings (SSSR count). The van der Waals surface area contributed by atoms with Crippen LogP contribution < -0.4 is 5.32 Å². The largest absolute Gasteiger partial charge is 0.374 e. The number of rotatable bonds is 6. The molecule has 0 radical (unpaired) electrons. The van der Waals surface area contributed by atoms with E-state index in [2.05, 4.69) is 15.1 Å². The Hall–Kier alpha value is -1.14. The van der Waals surface area contributed by atoms with Crippen LogP contribution in [0.5, 0.6) is 0 Å². The fourth-order valence-corrected chi connectivity index (χ4v) is 2.89. The third-order valence-electron chi connectivity index (χ3n) is 3.91. The lowest BCUT2D eigenvalue weighted by Crippen LogP contribution is -2.49. The van der Waals surface area contributed by atoms with Crippen molar-refractivity contribution in [3.8, 4) is 0 Å². The standard InChI is InChI=1S/C17H26ClN3O2/c1-13(14-4-6-15(18)7-5-14)19-17(22)12-21-8-9-23-16(11-21)10-20(2)3/h4-7,13,16H,8-12H2,1-3H3,(H,19,22)/t13-,16+/m0/s1. The Kier molecular flexibility index (Phi) is 6.84. The number of halogens is 1. The molecule has 1 aliphatic heterocycles. The van der Waals surface area contributed by atoms with E-state index in [0.717, 1.165) is 25.2 Å². The lowest BCUT2D eigenvalue weighted by Gasteiger charge is -2.33. The molecular weight excluding hydrogens is 314 g/mol. The fraction of sp³-hybridized carbons (Fsp3) is 0.588. The highest BCUT2D eigenvalue weighted by Crippen LogP contribution is 2.16. The van der Waals surface area contributed by atoms with E-state index in [-0.39, 0.29) is 18.1 Å². The first-order valence-electron chi connectivity index (χ1n) is 7.97. The molecule has 5 nitrogen and oxygen atoms in total. The quantitative estimate of drug-likeness (QED) is 0.858. The number of hydrogen-bond donors (Lipinski definition) is 1. The van der Waals surface area contributed by atoms with E-state index in [0.29, 0.717) is 18.2 Å². The van der Waals surface area contributed by atoms with Gasteiger partial charge in [0, 0.05) is 24.7 Å². The van der Waals surface area contributed by atoms with Gasteiger partial charge in [-0.05, 0) is 38.7 Å². The maximum Gasteiger partial charge on any atom is 0.234 e. The number of benzene rings is 1. The van der Waals surface area contributed by atoms with Gasteiger partial charge in [-0.1, -0.05) is 23.7 Å². The van der Waals surface area contributed by atoms with Crippen LogP contribution in [0.1, 0.15) is 18.5 Å². The Balaban J connectivity index is 1.80. The number of hydrogen-bond acceptors (Lipinski definition) is 4. The van der Waals surface area contributed by atoms with Crippen LogP contribution in [0.15, 0.2) is 24.3 Å². The summed E-state index contributed by atoms with van der Waals surface area (Å²) in [6.07, 6.45) is 0.167. The second-order valence-corrected chi connectivity index (χ2v) is 6.77. The van der Waals surface area contributed by atoms with Gasteiger partial charge in [-0.25, -0.2) is 0 Å². The third-order valence-corrected chi connectivity index (χ3v) is 4.16. The average Bonchev–Trinajstić information content (AvgIpc) is 2.47. The Morgan fingerprint density at radius 1 is 1.43 bits per heavy atom. The molecule has 1 aromatic rings.